The van der Waals surface area contributed by atoms with Crippen LogP contribution in [0.4, 0.5) is 10.9 Å². The van der Waals surface area contributed by atoms with Crippen molar-refractivity contribution in [2.75, 3.05) is 11.9 Å². The number of amides is 1. The van der Waals surface area contributed by atoms with Crippen molar-refractivity contribution in [3.63, 3.8) is 0 Å². The van der Waals surface area contributed by atoms with E-state index in [0.29, 0.717) is 10.6 Å². The van der Waals surface area contributed by atoms with E-state index in [0.717, 1.165) is 10.4 Å². The van der Waals surface area contributed by atoms with Crippen molar-refractivity contribution in [2.45, 2.75) is 27.4 Å². The molecular formula is C16H17N7O5S. The van der Waals surface area contributed by atoms with Crippen molar-refractivity contribution in [1.82, 2.24) is 24.5 Å². The Morgan fingerprint density at radius 1 is 1.31 bits per heavy atom. The summed E-state index contributed by atoms with van der Waals surface area (Å²) < 4.78 is 7.67. The summed E-state index contributed by atoms with van der Waals surface area (Å²) in [6.45, 7) is 5.62. The molecule has 3 rings (SSSR count). The van der Waals surface area contributed by atoms with E-state index >= 15 is 0 Å². The van der Waals surface area contributed by atoms with Gasteiger partial charge < -0.3 is 20.2 Å². The van der Waals surface area contributed by atoms with E-state index in [1.807, 2.05) is 6.92 Å². The fourth-order valence-corrected chi connectivity index (χ4v) is 3.52. The summed E-state index contributed by atoms with van der Waals surface area (Å²) >= 11 is 1.28. The molecule has 0 saturated heterocycles. The number of aromatic nitrogens is 5. The van der Waals surface area contributed by atoms with E-state index < -0.39 is 22.7 Å². The van der Waals surface area contributed by atoms with E-state index in [4.69, 9.17) is 4.74 Å². The molecule has 0 bridgehead atoms. The predicted octanol–water partition coefficient (Wildman–Crippen LogP) is 2.00. The number of rotatable bonds is 7. The minimum absolute atomic E-state index is 0.0411. The van der Waals surface area contributed by atoms with Crippen LogP contribution in [0.3, 0.4) is 0 Å². The number of anilines is 1. The first-order valence-electron chi connectivity index (χ1n) is 8.46. The summed E-state index contributed by atoms with van der Waals surface area (Å²) in [5.74, 6) is -1.52. The van der Waals surface area contributed by atoms with Crippen LogP contribution in [0.25, 0.3) is 0 Å². The third kappa shape index (κ3) is 4.29. The molecule has 29 heavy (non-hydrogen) atoms. The molecule has 3 heterocycles. The Morgan fingerprint density at radius 3 is 2.72 bits per heavy atom. The number of thiophene rings is 1. The highest BCUT2D eigenvalue weighted by Gasteiger charge is 2.23. The number of hydrogen-bond acceptors (Lipinski definition) is 9. The van der Waals surface area contributed by atoms with Crippen molar-refractivity contribution in [1.29, 1.82) is 0 Å². The average molecular weight is 419 g/mol. The van der Waals surface area contributed by atoms with Crippen LogP contribution >= 0.6 is 11.3 Å². The van der Waals surface area contributed by atoms with Gasteiger partial charge in [-0.15, -0.1) is 11.3 Å². The normalized spacial score (nSPS) is 10.7. The Bertz CT molecular complexity index is 1080. The van der Waals surface area contributed by atoms with Gasteiger partial charge in [0.05, 0.1) is 12.2 Å². The Kier molecular flexibility index (Phi) is 5.68. The van der Waals surface area contributed by atoms with Gasteiger partial charge in [-0.05, 0) is 37.3 Å². The van der Waals surface area contributed by atoms with Crippen LogP contribution in [-0.4, -0.2) is 48.0 Å². The van der Waals surface area contributed by atoms with Crippen LogP contribution in [0.2, 0.25) is 0 Å². The second-order valence-electron chi connectivity index (χ2n) is 5.88. The summed E-state index contributed by atoms with van der Waals surface area (Å²) in [6, 6.07) is 1.48. The highest BCUT2D eigenvalue weighted by Crippen LogP contribution is 2.33. The number of nitro groups is 1. The third-order valence-corrected chi connectivity index (χ3v) is 5.07. The maximum absolute atomic E-state index is 12.6. The Balaban J connectivity index is 1.74. The lowest BCUT2D eigenvalue weighted by molar-refractivity contribution is -0.394. The molecule has 0 atom stereocenters. The molecule has 0 aliphatic carbocycles. The summed E-state index contributed by atoms with van der Waals surface area (Å²) in [5, 5.41) is 21.5. The highest BCUT2D eigenvalue weighted by atomic mass is 32.1. The lowest BCUT2D eigenvalue weighted by Crippen LogP contribution is -2.16. The lowest BCUT2D eigenvalue weighted by Gasteiger charge is -2.06. The maximum atomic E-state index is 12.6. The molecule has 3 aromatic heterocycles. The Labute approximate surface area is 168 Å². The van der Waals surface area contributed by atoms with E-state index in [9.17, 15) is 19.7 Å². The average Bonchev–Trinajstić information content (AvgIpc) is 3.37. The smallest absolute Gasteiger partial charge is 0.462 e. The number of aryl methyl sites for hydroxylation is 1. The largest absolute Gasteiger partial charge is 0.491 e. The zero-order valence-corrected chi connectivity index (χ0v) is 16.6. The van der Waals surface area contributed by atoms with E-state index in [1.165, 1.54) is 39.3 Å². The molecule has 3 aromatic rings. The number of esters is 1. The molecule has 12 nitrogen and oxygen atoms in total. The van der Waals surface area contributed by atoms with Gasteiger partial charge in [-0.2, -0.15) is 9.78 Å². The van der Waals surface area contributed by atoms with Gasteiger partial charge in [-0.25, -0.2) is 9.48 Å². The lowest BCUT2D eigenvalue weighted by atomic mass is 10.1. The molecule has 0 radical (unpaired) electrons. The Morgan fingerprint density at radius 2 is 2.07 bits per heavy atom. The van der Waals surface area contributed by atoms with Gasteiger partial charge in [0.1, 0.15) is 5.00 Å². The fourth-order valence-electron chi connectivity index (χ4n) is 2.48. The molecule has 0 unspecified atom stereocenters. The van der Waals surface area contributed by atoms with Gasteiger partial charge in [0.25, 0.3) is 5.91 Å². The predicted molar refractivity (Wildman–Crippen MR) is 102 cm³/mol. The fraction of sp³-hybridized carbons (Fsp3) is 0.312. The van der Waals surface area contributed by atoms with Crippen LogP contribution in [0.5, 0.6) is 0 Å². The first-order chi connectivity index (χ1) is 13.8. The van der Waals surface area contributed by atoms with Crippen LogP contribution < -0.4 is 5.32 Å². The first kappa shape index (κ1) is 20.1. The number of nitrogens with one attached hydrogen (secondary N) is 1. The zero-order valence-electron chi connectivity index (χ0n) is 15.8. The number of carbonyl (C=O) groups excluding carboxylic acids is 2. The maximum Gasteiger partial charge on any atom is 0.491 e. The molecule has 0 fully saturated rings. The molecular weight excluding hydrogens is 402 g/mol. The number of ether oxygens (including phenoxy) is 1. The third-order valence-electron chi connectivity index (χ3n) is 3.94. The topological polar surface area (TPSA) is 147 Å². The molecule has 1 N–H and O–H groups in total. The van der Waals surface area contributed by atoms with Crippen molar-refractivity contribution >= 4 is 34.2 Å². The number of carbonyl (C=O) groups is 2. The van der Waals surface area contributed by atoms with E-state index in [2.05, 4.69) is 20.5 Å². The SMILES string of the molecule is CCOC(=O)c1c(NC(=O)c2ccn(Cn3cnc([N+](=O)[O-])n3)n2)sc(C)c1C. The molecule has 0 aliphatic rings. The molecule has 0 aliphatic heterocycles. The van der Waals surface area contributed by atoms with Crippen molar-refractivity contribution in [2.24, 2.45) is 0 Å². The summed E-state index contributed by atoms with van der Waals surface area (Å²) in [7, 11) is 0. The van der Waals surface area contributed by atoms with Gasteiger partial charge in [-0.1, -0.05) is 4.98 Å². The molecule has 0 spiro atoms. The molecule has 1 amide bonds. The number of hydrogen-bond donors (Lipinski definition) is 1. The van der Waals surface area contributed by atoms with Crippen molar-refractivity contribution < 1.29 is 19.2 Å². The Hall–Kier alpha value is -3.61. The summed E-state index contributed by atoms with van der Waals surface area (Å²) in [5.41, 5.74) is 1.19. The van der Waals surface area contributed by atoms with Gasteiger partial charge in [0.2, 0.25) is 6.33 Å². The standard InChI is InChI=1S/C16H17N7O5S/c1-4-28-15(25)12-9(2)10(3)29-14(12)18-13(24)11-5-6-21(19-11)8-22-7-17-16(20-22)23(26)27/h5-7H,4,8H2,1-3H3,(H,18,24). The monoisotopic (exact) mass is 419 g/mol. The second kappa shape index (κ2) is 8.18. The van der Waals surface area contributed by atoms with Crippen molar-refractivity contribution in [3.05, 3.63) is 50.4 Å². The van der Waals surface area contributed by atoms with Crippen LogP contribution in [0.1, 0.15) is 38.2 Å². The molecule has 0 aromatic carbocycles. The number of nitrogens with zero attached hydrogens (tertiary/aromatic N) is 6. The van der Waals surface area contributed by atoms with Gasteiger partial charge >= 0.3 is 11.9 Å². The highest BCUT2D eigenvalue weighted by molar-refractivity contribution is 7.16. The van der Waals surface area contributed by atoms with Crippen molar-refractivity contribution in [3.8, 4) is 0 Å². The quantitative estimate of drug-likeness (QED) is 0.347. The summed E-state index contributed by atoms with van der Waals surface area (Å²) in [6.07, 6.45) is 2.72. The summed E-state index contributed by atoms with van der Waals surface area (Å²) in [4.78, 5) is 39.2. The first-order valence-corrected chi connectivity index (χ1v) is 9.27. The molecule has 13 heteroatoms. The van der Waals surface area contributed by atoms with Crippen LogP contribution in [0, 0.1) is 24.0 Å². The molecule has 152 valence electrons. The van der Waals surface area contributed by atoms with Gasteiger partial charge in [0.15, 0.2) is 12.4 Å². The van der Waals surface area contributed by atoms with E-state index in [-0.39, 0.29) is 19.0 Å². The zero-order chi connectivity index (χ0) is 21.1. The van der Waals surface area contributed by atoms with Crippen LogP contribution in [0.15, 0.2) is 18.6 Å². The van der Waals surface area contributed by atoms with E-state index in [1.54, 1.807) is 13.8 Å². The minimum atomic E-state index is -0.704. The second-order valence-corrected chi connectivity index (χ2v) is 7.11. The molecule has 0 saturated carbocycles. The van der Waals surface area contributed by atoms with Gasteiger partial charge in [-0.3, -0.25) is 4.79 Å². The van der Waals surface area contributed by atoms with Gasteiger partial charge in [0, 0.05) is 16.2 Å². The minimum Gasteiger partial charge on any atom is -0.462 e. The van der Waals surface area contributed by atoms with Crippen LogP contribution in [-0.2, 0) is 11.4 Å².